The summed E-state index contributed by atoms with van der Waals surface area (Å²) < 4.78 is 5.41. The van der Waals surface area contributed by atoms with Gasteiger partial charge < -0.3 is 9.84 Å². The van der Waals surface area contributed by atoms with E-state index >= 15 is 0 Å². The minimum absolute atomic E-state index is 0.236. The number of rotatable bonds is 4. The van der Waals surface area contributed by atoms with Crippen LogP contribution in [0.1, 0.15) is 60.9 Å². The Balaban J connectivity index is 1.39. The fourth-order valence-electron chi connectivity index (χ4n) is 6.44. The van der Waals surface area contributed by atoms with Crippen molar-refractivity contribution >= 4 is 11.5 Å². The molecule has 4 heteroatoms. The van der Waals surface area contributed by atoms with Crippen LogP contribution in [0.2, 0.25) is 0 Å². The van der Waals surface area contributed by atoms with E-state index in [0.29, 0.717) is 23.5 Å². The van der Waals surface area contributed by atoms with Gasteiger partial charge in [0.05, 0.1) is 0 Å². The zero-order valence-electron chi connectivity index (χ0n) is 17.7. The number of aliphatic carboxylic acids is 1. The van der Waals surface area contributed by atoms with Crippen molar-refractivity contribution in [1.29, 1.82) is 0 Å². The summed E-state index contributed by atoms with van der Waals surface area (Å²) in [5.41, 5.74) is 6.90. The van der Waals surface area contributed by atoms with Crippen molar-refractivity contribution in [1.82, 2.24) is 4.98 Å². The van der Waals surface area contributed by atoms with Crippen LogP contribution in [0.5, 0.6) is 5.75 Å². The number of aryl methyl sites for hydroxylation is 2. The van der Waals surface area contributed by atoms with Crippen molar-refractivity contribution in [3.8, 4) is 5.75 Å². The predicted molar refractivity (Wildman–Crippen MR) is 117 cm³/mol. The normalized spacial score (nSPS) is 29.4. The molecule has 1 saturated carbocycles. The molecule has 3 aliphatic rings. The van der Waals surface area contributed by atoms with Crippen molar-refractivity contribution in [2.24, 2.45) is 17.3 Å². The molecule has 0 saturated heterocycles. The van der Waals surface area contributed by atoms with E-state index in [4.69, 9.17) is 9.84 Å². The number of allylic oxidation sites excluding steroid dienone is 2. The van der Waals surface area contributed by atoms with E-state index in [0.717, 1.165) is 18.5 Å². The predicted octanol–water partition coefficient (Wildman–Crippen LogP) is 5.40. The highest BCUT2D eigenvalue weighted by Gasteiger charge is 2.51. The summed E-state index contributed by atoms with van der Waals surface area (Å²) in [6, 6.07) is 10.6. The second-order valence-electron chi connectivity index (χ2n) is 9.46. The Morgan fingerprint density at radius 2 is 2.13 bits per heavy atom. The number of carbonyl (C=O) groups is 1. The van der Waals surface area contributed by atoms with Gasteiger partial charge >= 0.3 is 5.97 Å². The van der Waals surface area contributed by atoms with Gasteiger partial charge in [-0.2, -0.15) is 0 Å². The molecule has 1 aromatic carbocycles. The number of hydrogen-bond donors (Lipinski definition) is 1. The Labute approximate surface area is 178 Å². The molecular weight excluding hydrogens is 374 g/mol. The number of aromatic nitrogens is 1. The Morgan fingerprint density at radius 1 is 1.27 bits per heavy atom. The van der Waals surface area contributed by atoms with Crippen molar-refractivity contribution < 1.29 is 14.6 Å². The molecule has 0 radical (unpaired) electrons. The van der Waals surface area contributed by atoms with Gasteiger partial charge in [0.15, 0.2) is 6.61 Å². The molecule has 0 aliphatic heterocycles. The lowest BCUT2D eigenvalue weighted by Gasteiger charge is -2.50. The molecular formula is C26H29NO3. The van der Waals surface area contributed by atoms with E-state index in [1.807, 2.05) is 13.0 Å². The third-order valence-corrected chi connectivity index (χ3v) is 7.86. The number of ether oxygens (including phenoxy) is 1. The van der Waals surface area contributed by atoms with Gasteiger partial charge in [0.1, 0.15) is 5.75 Å². The summed E-state index contributed by atoms with van der Waals surface area (Å²) in [5, 5.41) is 8.86. The van der Waals surface area contributed by atoms with E-state index in [1.165, 1.54) is 41.5 Å². The number of carboxylic acid groups (broad SMARTS) is 1. The largest absolute Gasteiger partial charge is 0.482 e. The molecule has 1 N–H and O–H groups in total. The van der Waals surface area contributed by atoms with Gasteiger partial charge in [-0.3, -0.25) is 4.98 Å². The van der Waals surface area contributed by atoms with E-state index in [-0.39, 0.29) is 12.0 Å². The number of fused-ring (bicyclic) bond motifs is 5. The van der Waals surface area contributed by atoms with E-state index in [1.54, 1.807) is 0 Å². The van der Waals surface area contributed by atoms with E-state index < -0.39 is 5.97 Å². The Bertz CT molecular complexity index is 1010. The third kappa shape index (κ3) is 3.13. The quantitative estimate of drug-likeness (QED) is 0.742. The smallest absolute Gasteiger partial charge is 0.341 e. The van der Waals surface area contributed by atoms with Crippen LogP contribution in [0.15, 0.2) is 42.6 Å². The summed E-state index contributed by atoms with van der Waals surface area (Å²) in [5.74, 6) is 1.72. The Morgan fingerprint density at radius 3 is 2.90 bits per heavy atom. The zero-order valence-corrected chi connectivity index (χ0v) is 17.7. The first-order valence-electron chi connectivity index (χ1n) is 11.1. The average Bonchev–Trinajstić information content (AvgIpc) is 3.09. The first-order chi connectivity index (χ1) is 14.5. The molecule has 4 unspecified atom stereocenters. The first kappa shape index (κ1) is 19.3. The van der Waals surface area contributed by atoms with Crippen LogP contribution >= 0.6 is 0 Å². The molecule has 0 spiro atoms. The van der Waals surface area contributed by atoms with Crippen LogP contribution in [-0.4, -0.2) is 22.7 Å². The molecule has 1 fully saturated rings. The number of benzene rings is 1. The van der Waals surface area contributed by atoms with Crippen LogP contribution in [0.3, 0.4) is 0 Å². The number of hydrogen-bond acceptors (Lipinski definition) is 3. The summed E-state index contributed by atoms with van der Waals surface area (Å²) in [4.78, 5) is 15.3. The number of carboxylic acids is 1. The van der Waals surface area contributed by atoms with Crippen LogP contribution in [-0.2, 0) is 11.2 Å². The highest BCUT2D eigenvalue weighted by molar-refractivity contribution is 5.72. The van der Waals surface area contributed by atoms with Gasteiger partial charge in [-0.05, 0) is 103 Å². The van der Waals surface area contributed by atoms with Crippen molar-refractivity contribution in [2.75, 3.05) is 6.61 Å². The van der Waals surface area contributed by atoms with Crippen LogP contribution < -0.4 is 4.74 Å². The minimum atomic E-state index is -0.937. The van der Waals surface area contributed by atoms with Crippen molar-refractivity contribution in [3.05, 3.63) is 65.0 Å². The Hall–Kier alpha value is -2.62. The number of pyridine rings is 1. The van der Waals surface area contributed by atoms with Gasteiger partial charge in [-0.15, -0.1) is 0 Å². The molecule has 30 heavy (non-hydrogen) atoms. The first-order valence-corrected chi connectivity index (χ1v) is 11.1. The number of nitrogens with zero attached hydrogens (tertiary/aromatic N) is 1. The average molecular weight is 404 g/mol. The zero-order chi connectivity index (χ0) is 20.9. The monoisotopic (exact) mass is 403 g/mol. The maximum atomic E-state index is 10.8. The van der Waals surface area contributed by atoms with E-state index in [9.17, 15) is 4.79 Å². The molecule has 4 atom stereocenters. The molecule has 3 aliphatic carbocycles. The Kier molecular flexibility index (Phi) is 4.68. The lowest BCUT2D eigenvalue weighted by atomic mass is 9.54. The minimum Gasteiger partial charge on any atom is -0.482 e. The van der Waals surface area contributed by atoms with Crippen LogP contribution in [0.4, 0.5) is 0 Å². The molecule has 0 amide bonds. The third-order valence-electron chi connectivity index (χ3n) is 7.86. The summed E-state index contributed by atoms with van der Waals surface area (Å²) in [6.07, 6.45) is 10.4. The fourth-order valence-corrected chi connectivity index (χ4v) is 6.44. The fraction of sp³-hybridized carbons (Fsp3) is 0.462. The van der Waals surface area contributed by atoms with Gasteiger partial charge in [-0.25, -0.2) is 4.79 Å². The molecule has 1 aromatic heterocycles. The van der Waals surface area contributed by atoms with Crippen LogP contribution in [0.25, 0.3) is 5.57 Å². The van der Waals surface area contributed by atoms with Crippen molar-refractivity contribution in [2.45, 2.75) is 51.9 Å². The molecule has 0 bridgehead atoms. The second kappa shape index (κ2) is 7.26. The highest BCUT2D eigenvalue weighted by atomic mass is 16.5. The lowest BCUT2D eigenvalue weighted by Crippen LogP contribution is -2.40. The highest BCUT2D eigenvalue weighted by Crippen LogP contribution is 2.63. The van der Waals surface area contributed by atoms with Crippen LogP contribution in [0, 0.1) is 24.2 Å². The van der Waals surface area contributed by atoms with Crippen molar-refractivity contribution in [3.63, 3.8) is 0 Å². The standard InChI is InChI=1S/C26H29NO3/c1-16-3-4-18(14-27-16)23-9-10-24-22-7-5-17-13-19(30-15-25(28)29)6-8-20(17)21(22)11-12-26(23,24)2/h3-4,6,8-9,13-14,21-22,24H,5,7,10-12,15H2,1-2H3,(H,28,29). The lowest BCUT2D eigenvalue weighted by molar-refractivity contribution is -0.139. The van der Waals surface area contributed by atoms with Gasteiger partial charge in [-0.1, -0.05) is 25.1 Å². The molecule has 156 valence electrons. The molecule has 5 rings (SSSR count). The van der Waals surface area contributed by atoms with Gasteiger partial charge in [0, 0.05) is 11.9 Å². The summed E-state index contributed by atoms with van der Waals surface area (Å²) >= 11 is 0. The maximum absolute atomic E-state index is 10.8. The molecule has 1 heterocycles. The SMILES string of the molecule is Cc1ccc(C2=CCC3C4CCc5cc(OCC(=O)O)ccc5C4CCC23C)cn1. The van der Waals surface area contributed by atoms with E-state index in [2.05, 4.69) is 48.4 Å². The second-order valence-corrected chi connectivity index (χ2v) is 9.46. The van der Waals surface area contributed by atoms with Gasteiger partial charge in [0.25, 0.3) is 0 Å². The maximum Gasteiger partial charge on any atom is 0.341 e. The summed E-state index contributed by atoms with van der Waals surface area (Å²) in [7, 11) is 0. The molecule has 4 nitrogen and oxygen atoms in total. The topological polar surface area (TPSA) is 59.4 Å². The summed E-state index contributed by atoms with van der Waals surface area (Å²) in [6.45, 7) is 4.23. The van der Waals surface area contributed by atoms with Gasteiger partial charge in [0.2, 0.25) is 0 Å². The molecule has 2 aromatic rings.